The second kappa shape index (κ2) is 11.7. The zero-order valence-corrected chi connectivity index (χ0v) is 22.1. The van der Waals surface area contributed by atoms with Crippen LogP contribution in [0.3, 0.4) is 0 Å². The molecule has 10 nitrogen and oxygen atoms in total. The fraction of sp³-hybridized carbons (Fsp3) is 0.393. The summed E-state index contributed by atoms with van der Waals surface area (Å²) < 4.78 is 4.98. The summed E-state index contributed by atoms with van der Waals surface area (Å²) in [6.07, 6.45) is 7.50. The van der Waals surface area contributed by atoms with Gasteiger partial charge in [0.15, 0.2) is 0 Å². The maximum atomic E-state index is 11.9. The molecule has 5 rings (SSSR count). The molecular formula is C28H34N8O2. The van der Waals surface area contributed by atoms with Crippen LogP contribution in [0.15, 0.2) is 48.9 Å². The molecule has 1 aromatic carbocycles. The molecule has 0 aliphatic heterocycles. The Morgan fingerprint density at radius 1 is 1.16 bits per heavy atom. The van der Waals surface area contributed by atoms with Crippen LogP contribution in [0.25, 0.3) is 33.4 Å². The third-order valence-corrected chi connectivity index (χ3v) is 6.57. The van der Waals surface area contributed by atoms with Gasteiger partial charge in [-0.3, -0.25) is 15.2 Å². The van der Waals surface area contributed by atoms with Crippen LogP contribution in [-0.4, -0.2) is 67.7 Å². The van der Waals surface area contributed by atoms with E-state index in [1.54, 1.807) is 13.1 Å². The summed E-state index contributed by atoms with van der Waals surface area (Å²) in [7, 11) is 0. The number of carbonyl (C=O) groups excluding carboxylic acids is 1. The molecule has 0 spiro atoms. The molecule has 1 saturated carbocycles. The van der Waals surface area contributed by atoms with Gasteiger partial charge >= 0.3 is 6.09 Å². The highest BCUT2D eigenvalue weighted by molar-refractivity contribution is 5.97. The zero-order chi connectivity index (χ0) is 26.5. The molecule has 3 N–H and O–H groups in total. The largest absolute Gasteiger partial charge is 0.450 e. The summed E-state index contributed by atoms with van der Waals surface area (Å²) in [6, 6.07) is 11.1. The summed E-state index contributed by atoms with van der Waals surface area (Å²) in [4.78, 5) is 36.0. The van der Waals surface area contributed by atoms with Crippen LogP contribution in [0.4, 0.5) is 10.7 Å². The number of aromatic amines is 1. The number of benzene rings is 1. The topological polar surface area (TPSA) is 121 Å². The first-order valence-electron chi connectivity index (χ1n) is 13.2. The van der Waals surface area contributed by atoms with Gasteiger partial charge in [0.05, 0.1) is 29.9 Å². The van der Waals surface area contributed by atoms with E-state index in [4.69, 9.17) is 4.74 Å². The second-order valence-electron chi connectivity index (χ2n) is 9.69. The van der Waals surface area contributed by atoms with Gasteiger partial charge in [-0.25, -0.2) is 19.7 Å². The van der Waals surface area contributed by atoms with Crippen molar-refractivity contribution >= 4 is 23.1 Å². The van der Waals surface area contributed by atoms with E-state index in [-0.39, 0.29) is 6.61 Å². The first-order chi connectivity index (χ1) is 18.5. The molecule has 1 aliphatic rings. The van der Waals surface area contributed by atoms with Crippen molar-refractivity contribution < 1.29 is 9.53 Å². The smallest absolute Gasteiger partial charge is 0.413 e. The Hall–Kier alpha value is -3.89. The number of nitrogens with zero attached hydrogens (tertiary/aromatic N) is 5. The molecule has 0 saturated heterocycles. The van der Waals surface area contributed by atoms with Crippen molar-refractivity contribution in [3.8, 4) is 22.4 Å². The highest BCUT2D eigenvalue weighted by Gasteiger charge is 2.29. The van der Waals surface area contributed by atoms with Gasteiger partial charge in [-0.2, -0.15) is 0 Å². The van der Waals surface area contributed by atoms with Crippen molar-refractivity contribution in [2.24, 2.45) is 0 Å². The van der Waals surface area contributed by atoms with Gasteiger partial charge in [-0.1, -0.05) is 6.07 Å². The number of anilines is 1. The number of aromatic nitrogens is 5. The van der Waals surface area contributed by atoms with E-state index in [0.717, 1.165) is 52.9 Å². The number of H-pyrrole nitrogens is 1. The van der Waals surface area contributed by atoms with E-state index < -0.39 is 6.09 Å². The van der Waals surface area contributed by atoms with Gasteiger partial charge in [0.1, 0.15) is 5.82 Å². The molecule has 0 bridgehead atoms. The van der Waals surface area contributed by atoms with Crippen LogP contribution >= 0.6 is 0 Å². The van der Waals surface area contributed by atoms with E-state index >= 15 is 0 Å². The standard InChI is InChI=1S/C28H34N8O2/c1-4-38-28(37)35-27-33-24-14-19(13-22(26(24)34-27)23-7-5-6-10-30-23)20-15-31-25(32-16-20)17-29-11-12-36(18(2)3)21-8-9-21/h5-7,10,13-16,18,21,29H,4,8-9,11-12,17H2,1-3H3,(H2,33,34,35,37). The summed E-state index contributed by atoms with van der Waals surface area (Å²) in [6.45, 7) is 9.12. The van der Waals surface area contributed by atoms with Crippen LogP contribution < -0.4 is 10.6 Å². The predicted octanol–water partition coefficient (Wildman–Crippen LogP) is 4.61. The minimum absolute atomic E-state index is 0.276. The summed E-state index contributed by atoms with van der Waals surface area (Å²) in [5.74, 6) is 1.06. The zero-order valence-electron chi connectivity index (χ0n) is 22.1. The lowest BCUT2D eigenvalue weighted by atomic mass is 10.0. The molecular weight excluding hydrogens is 480 g/mol. The van der Waals surface area contributed by atoms with Crippen molar-refractivity contribution in [3.63, 3.8) is 0 Å². The van der Waals surface area contributed by atoms with Gasteiger partial charge in [-0.05, 0) is 63.4 Å². The van der Waals surface area contributed by atoms with E-state index in [2.05, 4.69) is 54.3 Å². The average Bonchev–Trinajstić information content (AvgIpc) is 3.67. The van der Waals surface area contributed by atoms with E-state index in [0.29, 0.717) is 24.1 Å². The normalized spacial score (nSPS) is 13.4. The molecule has 198 valence electrons. The number of ether oxygens (including phenoxy) is 1. The van der Waals surface area contributed by atoms with Gasteiger partial charge in [-0.15, -0.1) is 0 Å². The molecule has 10 heteroatoms. The lowest BCUT2D eigenvalue weighted by Gasteiger charge is -2.26. The number of rotatable bonds is 11. The number of imidazole rings is 1. The Balaban J connectivity index is 1.33. The molecule has 3 aromatic heterocycles. The van der Waals surface area contributed by atoms with Crippen molar-refractivity contribution in [1.82, 2.24) is 35.1 Å². The van der Waals surface area contributed by atoms with Crippen molar-refractivity contribution in [3.05, 3.63) is 54.7 Å². The maximum Gasteiger partial charge on any atom is 0.413 e. The van der Waals surface area contributed by atoms with Crippen molar-refractivity contribution in [2.75, 3.05) is 25.0 Å². The second-order valence-corrected chi connectivity index (χ2v) is 9.69. The average molecular weight is 515 g/mol. The van der Waals surface area contributed by atoms with Gasteiger partial charge < -0.3 is 15.0 Å². The minimum Gasteiger partial charge on any atom is -0.450 e. The number of nitrogens with one attached hydrogen (secondary N) is 3. The van der Waals surface area contributed by atoms with Gasteiger partial charge in [0.2, 0.25) is 5.95 Å². The summed E-state index contributed by atoms with van der Waals surface area (Å²) >= 11 is 0. The number of pyridine rings is 1. The first-order valence-corrected chi connectivity index (χ1v) is 13.2. The first kappa shape index (κ1) is 25.7. The lowest BCUT2D eigenvalue weighted by molar-refractivity contribution is 0.167. The van der Waals surface area contributed by atoms with Crippen molar-refractivity contribution in [2.45, 2.75) is 52.2 Å². The predicted molar refractivity (Wildman–Crippen MR) is 148 cm³/mol. The highest BCUT2D eigenvalue weighted by atomic mass is 16.5. The SMILES string of the molecule is CCOC(=O)Nc1nc2c(-c3ccccn3)cc(-c3cnc(CNCCN(C(C)C)C4CC4)nc3)cc2[nH]1. The molecule has 4 aromatic rings. The number of hydrogen-bond acceptors (Lipinski definition) is 8. The molecule has 0 atom stereocenters. The van der Waals surface area contributed by atoms with Crippen LogP contribution in [-0.2, 0) is 11.3 Å². The lowest BCUT2D eigenvalue weighted by Crippen LogP contribution is -2.38. The third kappa shape index (κ3) is 6.15. The quantitative estimate of drug-likeness (QED) is 0.248. The fourth-order valence-electron chi connectivity index (χ4n) is 4.60. The van der Waals surface area contributed by atoms with Crippen LogP contribution in [0.2, 0.25) is 0 Å². The Labute approximate surface area is 222 Å². The monoisotopic (exact) mass is 514 g/mol. The molecule has 1 amide bonds. The molecule has 38 heavy (non-hydrogen) atoms. The van der Waals surface area contributed by atoms with Crippen LogP contribution in [0.1, 0.15) is 39.4 Å². The number of carbonyl (C=O) groups is 1. The molecule has 0 radical (unpaired) electrons. The Kier molecular flexibility index (Phi) is 7.90. The molecule has 1 fully saturated rings. The fourth-order valence-corrected chi connectivity index (χ4v) is 4.60. The van der Waals surface area contributed by atoms with E-state index in [1.165, 1.54) is 12.8 Å². The molecule has 1 aliphatic carbocycles. The van der Waals surface area contributed by atoms with Crippen LogP contribution in [0, 0.1) is 0 Å². The number of hydrogen-bond donors (Lipinski definition) is 3. The van der Waals surface area contributed by atoms with Crippen molar-refractivity contribution in [1.29, 1.82) is 0 Å². The Morgan fingerprint density at radius 2 is 1.97 bits per heavy atom. The van der Waals surface area contributed by atoms with Gasteiger partial charge in [0.25, 0.3) is 0 Å². The highest BCUT2D eigenvalue weighted by Crippen LogP contribution is 2.33. The number of amides is 1. The van der Waals surface area contributed by atoms with E-state index in [9.17, 15) is 4.79 Å². The summed E-state index contributed by atoms with van der Waals surface area (Å²) in [5, 5.41) is 6.12. The maximum absolute atomic E-state index is 11.9. The Bertz CT molecular complexity index is 1370. The summed E-state index contributed by atoms with van der Waals surface area (Å²) in [5.41, 5.74) is 4.86. The number of fused-ring (bicyclic) bond motifs is 1. The third-order valence-electron chi connectivity index (χ3n) is 6.57. The molecule has 3 heterocycles. The van der Waals surface area contributed by atoms with Crippen LogP contribution in [0.5, 0.6) is 0 Å². The van der Waals surface area contributed by atoms with E-state index in [1.807, 2.05) is 42.7 Å². The Morgan fingerprint density at radius 3 is 2.66 bits per heavy atom. The minimum atomic E-state index is -0.562. The molecule has 0 unspecified atom stereocenters. The van der Waals surface area contributed by atoms with Gasteiger partial charge in [0, 0.05) is 54.9 Å².